The van der Waals surface area contributed by atoms with Crippen LogP contribution < -0.4 is 5.69 Å². The van der Waals surface area contributed by atoms with Gasteiger partial charge in [0.25, 0.3) is 0 Å². The number of benzene rings is 1. The minimum atomic E-state index is -0.146. The summed E-state index contributed by atoms with van der Waals surface area (Å²) in [4.78, 5) is 27.2. The summed E-state index contributed by atoms with van der Waals surface area (Å²) in [7, 11) is 3.44. The van der Waals surface area contributed by atoms with Crippen molar-refractivity contribution in [2.24, 2.45) is 13.0 Å². The topological polar surface area (TPSA) is 56.5 Å². The molecule has 6 heteroatoms. The standard InChI is InChI=1S/C18H25N3O3/c1-19-15-8-3-4-9-16(15)21(18(19)23)12-17(22)20-10-6-5-7-14(11-20)13-24-2/h3-4,8-9,14H,5-7,10-13H2,1-2H3. The average Bonchev–Trinajstić information content (AvgIpc) is 2.76. The second-order valence-electron chi connectivity index (χ2n) is 6.57. The monoisotopic (exact) mass is 331 g/mol. The lowest BCUT2D eigenvalue weighted by molar-refractivity contribution is -0.132. The molecule has 1 atom stereocenters. The first-order valence-electron chi connectivity index (χ1n) is 8.52. The SMILES string of the molecule is COCC1CCCCN(C(=O)Cn2c(=O)n(C)c3ccccc32)C1. The van der Waals surface area contributed by atoms with E-state index < -0.39 is 0 Å². The molecule has 1 unspecified atom stereocenters. The highest BCUT2D eigenvalue weighted by Gasteiger charge is 2.23. The molecule has 1 aromatic heterocycles. The number of aromatic nitrogens is 2. The van der Waals surface area contributed by atoms with E-state index in [1.54, 1.807) is 23.3 Å². The molecule has 6 nitrogen and oxygen atoms in total. The zero-order chi connectivity index (χ0) is 17.1. The molecular weight excluding hydrogens is 306 g/mol. The predicted molar refractivity (Wildman–Crippen MR) is 93.0 cm³/mol. The number of carbonyl (C=O) groups is 1. The van der Waals surface area contributed by atoms with E-state index in [2.05, 4.69) is 0 Å². The number of methoxy groups -OCH3 is 1. The Morgan fingerprint density at radius 2 is 2.00 bits per heavy atom. The van der Waals surface area contributed by atoms with Crippen LogP contribution in [-0.2, 0) is 23.1 Å². The molecule has 0 bridgehead atoms. The van der Waals surface area contributed by atoms with Crippen LogP contribution in [0.2, 0.25) is 0 Å². The van der Waals surface area contributed by atoms with E-state index in [-0.39, 0.29) is 18.1 Å². The molecular formula is C18H25N3O3. The third kappa shape index (κ3) is 3.24. The summed E-state index contributed by atoms with van der Waals surface area (Å²) in [6.07, 6.45) is 3.22. The van der Waals surface area contributed by atoms with Crippen molar-refractivity contribution in [2.45, 2.75) is 25.8 Å². The summed E-state index contributed by atoms with van der Waals surface area (Å²) in [5, 5.41) is 0. The van der Waals surface area contributed by atoms with Crippen molar-refractivity contribution >= 4 is 16.9 Å². The molecule has 2 aromatic rings. The van der Waals surface area contributed by atoms with E-state index in [1.165, 1.54) is 0 Å². The fourth-order valence-corrected chi connectivity index (χ4v) is 3.58. The molecule has 1 saturated heterocycles. The number of hydrogen-bond acceptors (Lipinski definition) is 3. The van der Waals surface area contributed by atoms with E-state index >= 15 is 0 Å². The van der Waals surface area contributed by atoms with Crippen LogP contribution in [0.4, 0.5) is 0 Å². The van der Waals surface area contributed by atoms with Gasteiger partial charge in [-0.05, 0) is 30.9 Å². The Labute approximate surface area is 141 Å². The van der Waals surface area contributed by atoms with Gasteiger partial charge in [0.15, 0.2) is 0 Å². The fourth-order valence-electron chi connectivity index (χ4n) is 3.58. The number of imidazole rings is 1. The number of carbonyl (C=O) groups excluding carboxylic acids is 1. The maximum absolute atomic E-state index is 12.8. The van der Waals surface area contributed by atoms with Crippen LogP contribution in [0.1, 0.15) is 19.3 Å². The zero-order valence-corrected chi connectivity index (χ0v) is 14.4. The smallest absolute Gasteiger partial charge is 0.329 e. The predicted octanol–water partition coefficient (Wildman–Crippen LogP) is 1.62. The van der Waals surface area contributed by atoms with Crippen molar-refractivity contribution < 1.29 is 9.53 Å². The molecule has 0 N–H and O–H groups in total. The lowest BCUT2D eigenvalue weighted by atomic mass is 10.0. The number of hydrogen-bond donors (Lipinski definition) is 0. The first-order valence-corrected chi connectivity index (χ1v) is 8.52. The number of para-hydroxylation sites is 2. The lowest BCUT2D eigenvalue weighted by Gasteiger charge is -2.24. The van der Waals surface area contributed by atoms with Crippen LogP contribution >= 0.6 is 0 Å². The normalized spacial score (nSPS) is 18.8. The zero-order valence-electron chi connectivity index (χ0n) is 14.4. The van der Waals surface area contributed by atoms with Gasteiger partial charge in [0.05, 0.1) is 17.6 Å². The largest absolute Gasteiger partial charge is 0.384 e. The van der Waals surface area contributed by atoms with Gasteiger partial charge in [-0.25, -0.2) is 4.79 Å². The van der Waals surface area contributed by atoms with Gasteiger partial charge in [-0.2, -0.15) is 0 Å². The van der Waals surface area contributed by atoms with E-state index in [9.17, 15) is 9.59 Å². The van der Waals surface area contributed by atoms with Crippen LogP contribution in [0, 0.1) is 5.92 Å². The van der Waals surface area contributed by atoms with Gasteiger partial charge in [-0.1, -0.05) is 18.6 Å². The number of amides is 1. The van der Waals surface area contributed by atoms with E-state index in [4.69, 9.17) is 4.74 Å². The Morgan fingerprint density at radius 1 is 1.25 bits per heavy atom. The van der Waals surface area contributed by atoms with Crippen molar-refractivity contribution in [1.29, 1.82) is 0 Å². The number of aryl methyl sites for hydroxylation is 1. The Hall–Kier alpha value is -2.08. The van der Waals surface area contributed by atoms with Gasteiger partial charge in [-0.3, -0.25) is 13.9 Å². The Balaban J connectivity index is 1.82. The van der Waals surface area contributed by atoms with Gasteiger partial charge in [0.1, 0.15) is 6.54 Å². The number of nitrogens with zero attached hydrogens (tertiary/aromatic N) is 3. The molecule has 3 rings (SSSR count). The van der Waals surface area contributed by atoms with E-state index in [1.807, 2.05) is 29.2 Å². The van der Waals surface area contributed by atoms with E-state index in [0.29, 0.717) is 19.1 Å². The fraction of sp³-hybridized carbons (Fsp3) is 0.556. The van der Waals surface area contributed by atoms with Gasteiger partial charge < -0.3 is 9.64 Å². The second-order valence-corrected chi connectivity index (χ2v) is 6.57. The van der Waals surface area contributed by atoms with Crippen LogP contribution in [0.5, 0.6) is 0 Å². The Bertz CT molecular complexity index is 777. The van der Waals surface area contributed by atoms with Crippen molar-refractivity contribution in [3.8, 4) is 0 Å². The highest BCUT2D eigenvalue weighted by Crippen LogP contribution is 2.18. The quantitative estimate of drug-likeness (QED) is 0.855. The minimum absolute atomic E-state index is 0.0106. The summed E-state index contributed by atoms with van der Waals surface area (Å²) in [6, 6.07) is 7.58. The highest BCUT2D eigenvalue weighted by molar-refractivity contribution is 5.81. The Kier molecular flexibility index (Phi) is 5.04. The number of ether oxygens (including phenoxy) is 1. The van der Waals surface area contributed by atoms with Crippen LogP contribution in [0.25, 0.3) is 11.0 Å². The van der Waals surface area contributed by atoms with Crippen molar-refractivity contribution in [3.63, 3.8) is 0 Å². The van der Waals surface area contributed by atoms with Gasteiger partial charge in [0.2, 0.25) is 5.91 Å². The first kappa shape index (κ1) is 16.8. The van der Waals surface area contributed by atoms with Crippen LogP contribution in [0.15, 0.2) is 29.1 Å². The molecule has 1 aliphatic heterocycles. The summed E-state index contributed by atoms with van der Waals surface area (Å²) in [5.41, 5.74) is 1.51. The molecule has 0 aliphatic carbocycles. The number of rotatable bonds is 4. The minimum Gasteiger partial charge on any atom is -0.384 e. The molecule has 24 heavy (non-hydrogen) atoms. The van der Waals surface area contributed by atoms with Crippen molar-refractivity contribution in [2.75, 3.05) is 26.8 Å². The molecule has 1 amide bonds. The van der Waals surface area contributed by atoms with Gasteiger partial charge >= 0.3 is 5.69 Å². The summed E-state index contributed by atoms with van der Waals surface area (Å²) in [6.45, 7) is 2.25. The van der Waals surface area contributed by atoms with Gasteiger partial charge in [-0.15, -0.1) is 0 Å². The maximum Gasteiger partial charge on any atom is 0.329 e. The molecule has 0 spiro atoms. The van der Waals surface area contributed by atoms with Crippen LogP contribution in [0.3, 0.4) is 0 Å². The summed E-state index contributed by atoms with van der Waals surface area (Å²) in [5.74, 6) is 0.391. The third-order valence-electron chi connectivity index (χ3n) is 4.87. The summed E-state index contributed by atoms with van der Waals surface area (Å²) < 4.78 is 8.44. The number of likely N-dealkylation sites (tertiary alicyclic amines) is 1. The Morgan fingerprint density at radius 3 is 2.75 bits per heavy atom. The molecule has 130 valence electrons. The second kappa shape index (κ2) is 7.21. The molecule has 0 radical (unpaired) electrons. The van der Waals surface area contributed by atoms with Crippen LogP contribution in [-0.4, -0.2) is 46.7 Å². The lowest BCUT2D eigenvalue weighted by Crippen LogP contribution is -2.39. The third-order valence-corrected chi connectivity index (χ3v) is 4.87. The molecule has 1 fully saturated rings. The molecule has 2 heterocycles. The maximum atomic E-state index is 12.8. The summed E-state index contributed by atoms with van der Waals surface area (Å²) >= 11 is 0. The highest BCUT2D eigenvalue weighted by atomic mass is 16.5. The molecule has 1 aliphatic rings. The first-order chi connectivity index (χ1) is 11.6. The molecule has 1 aromatic carbocycles. The van der Waals surface area contributed by atoms with Crippen molar-refractivity contribution in [3.05, 3.63) is 34.7 Å². The number of fused-ring (bicyclic) bond motifs is 1. The van der Waals surface area contributed by atoms with Crippen molar-refractivity contribution in [1.82, 2.24) is 14.0 Å². The average molecular weight is 331 g/mol. The van der Waals surface area contributed by atoms with E-state index in [0.717, 1.165) is 36.8 Å². The van der Waals surface area contributed by atoms with Gasteiger partial charge in [0, 0.05) is 27.2 Å². The molecule has 0 saturated carbocycles.